The lowest BCUT2D eigenvalue weighted by atomic mass is 10.2. The Labute approximate surface area is 138 Å². The second kappa shape index (κ2) is 7.04. The second-order valence-corrected chi connectivity index (χ2v) is 5.34. The third kappa shape index (κ3) is 3.84. The Bertz CT molecular complexity index is 824. The number of aromatic nitrogens is 2. The van der Waals surface area contributed by atoms with Crippen molar-refractivity contribution in [3.8, 4) is 0 Å². The van der Waals surface area contributed by atoms with Crippen LogP contribution in [-0.4, -0.2) is 17.0 Å². The summed E-state index contributed by atoms with van der Waals surface area (Å²) in [5.74, 6) is -0.656. The molecule has 0 aliphatic rings. The van der Waals surface area contributed by atoms with Gasteiger partial charge in [0.2, 0.25) is 0 Å². The monoisotopic (exact) mass is 326 g/mol. The van der Waals surface area contributed by atoms with Gasteiger partial charge < -0.3 is 10.2 Å². The molecule has 0 amide bonds. The summed E-state index contributed by atoms with van der Waals surface area (Å²) in [5, 5.41) is 3.11. The van der Waals surface area contributed by atoms with Crippen molar-refractivity contribution in [1.82, 2.24) is 9.97 Å². The molecule has 6 heteroatoms. The number of nitrogens with zero attached hydrogens (tertiary/aromatic N) is 3. The molecule has 2 aromatic carbocycles. The summed E-state index contributed by atoms with van der Waals surface area (Å²) in [4.78, 5) is 9.71. The predicted molar refractivity (Wildman–Crippen MR) is 90.2 cm³/mol. The molecule has 24 heavy (non-hydrogen) atoms. The SMILES string of the molecule is CN(c1cncnc1)c1cc(F)cc(NCc2cccc(F)c2)c1. The number of anilines is 3. The molecule has 0 radical (unpaired) electrons. The predicted octanol–water partition coefficient (Wildman–Crippen LogP) is 4.13. The highest BCUT2D eigenvalue weighted by Gasteiger charge is 2.08. The van der Waals surface area contributed by atoms with Gasteiger partial charge in [-0.3, -0.25) is 0 Å². The lowest BCUT2D eigenvalue weighted by Crippen LogP contribution is -2.11. The molecule has 0 spiro atoms. The van der Waals surface area contributed by atoms with Crippen molar-refractivity contribution in [2.24, 2.45) is 0 Å². The largest absolute Gasteiger partial charge is 0.381 e. The first-order valence-corrected chi connectivity index (χ1v) is 7.39. The van der Waals surface area contributed by atoms with E-state index in [4.69, 9.17) is 0 Å². The highest BCUT2D eigenvalue weighted by molar-refractivity contribution is 5.66. The van der Waals surface area contributed by atoms with Gasteiger partial charge in [0.15, 0.2) is 0 Å². The first-order chi connectivity index (χ1) is 11.6. The van der Waals surface area contributed by atoms with Crippen LogP contribution in [0.3, 0.4) is 0 Å². The molecule has 0 unspecified atom stereocenters. The molecule has 3 aromatic rings. The van der Waals surface area contributed by atoms with Gasteiger partial charge in [-0.1, -0.05) is 12.1 Å². The van der Waals surface area contributed by atoms with Gasteiger partial charge in [-0.05, 0) is 35.9 Å². The molecule has 0 fully saturated rings. The summed E-state index contributed by atoms with van der Waals surface area (Å²) in [6.45, 7) is 0.402. The molecule has 4 nitrogen and oxygen atoms in total. The fourth-order valence-corrected chi connectivity index (χ4v) is 2.33. The van der Waals surface area contributed by atoms with Crippen molar-refractivity contribution in [3.05, 3.63) is 78.4 Å². The van der Waals surface area contributed by atoms with Crippen LogP contribution in [0.2, 0.25) is 0 Å². The number of benzene rings is 2. The van der Waals surface area contributed by atoms with Crippen LogP contribution < -0.4 is 10.2 Å². The van der Waals surface area contributed by atoms with Crippen LogP contribution in [-0.2, 0) is 6.54 Å². The Morgan fingerprint density at radius 2 is 1.75 bits per heavy atom. The van der Waals surface area contributed by atoms with Gasteiger partial charge in [0.25, 0.3) is 0 Å². The van der Waals surface area contributed by atoms with E-state index in [2.05, 4.69) is 15.3 Å². The number of halogens is 2. The van der Waals surface area contributed by atoms with Gasteiger partial charge in [0.05, 0.1) is 18.1 Å². The fourth-order valence-electron chi connectivity index (χ4n) is 2.33. The zero-order valence-corrected chi connectivity index (χ0v) is 13.1. The molecule has 0 saturated heterocycles. The standard InChI is InChI=1S/C18H16F2N4/c1-24(18-10-21-12-22-11-18)17-7-15(20)6-16(8-17)23-9-13-3-2-4-14(19)5-13/h2-8,10-12,23H,9H2,1H3. The van der Waals surface area contributed by atoms with Crippen LogP contribution in [0.4, 0.5) is 25.8 Å². The number of hydrogen-bond acceptors (Lipinski definition) is 4. The number of hydrogen-bond donors (Lipinski definition) is 1. The van der Waals surface area contributed by atoms with Gasteiger partial charge in [-0.2, -0.15) is 0 Å². The van der Waals surface area contributed by atoms with E-state index in [1.165, 1.54) is 30.6 Å². The number of nitrogens with one attached hydrogen (secondary N) is 1. The van der Waals surface area contributed by atoms with Gasteiger partial charge in [0.1, 0.15) is 18.0 Å². The van der Waals surface area contributed by atoms with E-state index in [9.17, 15) is 8.78 Å². The minimum Gasteiger partial charge on any atom is -0.381 e. The van der Waals surface area contributed by atoms with Crippen molar-refractivity contribution >= 4 is 17.1 Å². The Balaban J connectivity index is 1.79. The highest BCUT2D eigenvalue weighted by atomic mass is 19.1. The lowest BCUT2D eigenvalue weighted by molar-refractivity contribution is 0.625. The smallest absolute Gasteiger partial charge is 0.127 e. The van der Waals surface area contributed by atoms with E-state index in [-0.39, 0.29) is 11.6 Å². The summed E-state index contributed by atoms with van der Waals surface area (Å²) >= 11 is 0. The average Bonchev–Trinajstić information content (AvgIpc) is 2.60. The molecule has 0 bridgehead atoms. The average molecular weight is 326 g/mol. The van der Waals surface area contributed by atoms with Crippen molar-refractivity contribution < 1.29 is 8.78 Å². The molecular weight excluding hydrogens is 310 g/mol. The Morgan fingerprint density at radius 3 is 2.50 bits per heavy atom. The van der Waals surface area contributed by atoms with E-state index >= 15 is 0 Å². The van der Waals surface area contributed by atoms with Crippen LogP contribution in [0.5, 0.6) is 0 Å². The molecule has 1 heterocycles. The quantitative estimate of drug-likeness (QED) is 0.765. The topological polar surface area (TPSA) is 41.1 Å². The maximum atomic E-state index is 13.9. The summed E-state index contributed by atoms with van der Waals surface area (Å²) in [6.07, 6.45) is 4.74. The summed E-state index contributed by atoms with van der Waals surface area (Å²) < 4.78 is 27.1. The first kappa shape index (κ1) is 15.9. The van der Waals surface area contributed by atoms with Gasteiger partial charge >= 0.3 is 0 Å². The normalized spacial score (nSPS) is 10.5. The molecular formula is C18H16F2N4. The van der Waals surface area contributed by atoms with Gasteiger partial charge in [0, 0.05) is 25.0 Å². The molecule has 0 aliphatic heterocycles. The second-order valence-electron chi connectivity index (χ2n) is 5.34. The summed E-state index contributed by atoms with van der Waals surface area (Å²) in [6, 6.07) is 10.9. The third-order valence-electron chi connectivity index (χ3n) is 3.59. The van der Waals surface area contributed by atoms with Crippen molar-refractivity contribution in [2.45, 2.75) is 6.54 Å². The summed E-state index contributed by atoms with van der Waals surface area (Å²) in [5.41, 5.74) is 2.80. The minimum atomic E-state index is -0.363. The Morgan fingerprint density at radius 1 is 0.958 bits per heavy atom. The lowest BCUT2D eigenvalue weighted by Gasteiger charge is -2.20. The van der Waals surface area contributed by atoms with E-state index in [1.54, 1.807) is 23.4 Å². The maximum absolute atomic E-state index is 13.9. The number of rotatable bonds is 5. The van der Waals surface area contributed by atoms with Crippen LogP contribution in [0.15, 0.2) is 61.2 Å². The third-order valence-corrected chi connectivity index (χ3v) is 3.59. The van der Waals surface area contributed by atoms with E-state index < -0.39 is 0 Å². The fraction of sp³-hybridized carbons (Fsp3) is 0.111. The minimum absolute atomic E-state index is 0.293. The molecule has 1 N–H and O–H groups in total. The Kier molecular flexibility index (Phi) is 4.65. The van der Waals surface area contributed by atoms with Crippen molar-refractivity contribution in [2.75, 3.05) is 17.3 Å². The van der Waals surface area contributed by atoms with Crippen molar-refractivity contribution in [1.29, 1.82) is 0 Å². The van der Waals surface area contributed by atoms with Crippen LogP contribution in [0, 0.1) is 11.6 Å². The van der Waals surface area contributed by atoms with Gasteiger partial charge in [-0.25, -0.2) is 18.7 Å². The molecule has 1 aromatic heterocycles. The van der Waals surface area contributed by atoms with E-state index in [0.29, 0.717) is 17.9 Å². The zero-order valence-electron chi connectivity index (χ0n) is 13.1. The zero-order chi connectivity index (χ0) is 16.9. The maximum Gasteiger partial charge on any atom is 0.127 e. The van der Waals surface area contributed by atoms with Gasteiger partial charge in [-0.15, -0.1) is 0 Å². The molecule has 122 valence electrons. The summed E-state index contributed by atoms with van der Waals surface area (Å²) in [7, 11) is 1.81. The van der Waals surface area contributed by atoms with E-state index in [0.717, 1.165) is 11.3 Å². The highest BCUT2D eigenvalue weighted by Crippen LogP contribution is 2.26. The molecule has 3 rings (SSSR count). The Hall–Kier alpha value is -3.02. The van der Waals surface area contributed by atoms with Crippen LogP contribution >= 0.6 is 0 Å². The van der Waals surface area contributed by atoms with E-state index in [1.807, 2.05) is 19.2 Å². The molecule has 0 atom stereocenters. The van der Waals surface area contributed by atoms with Crippen LogP contribution in [0.25, 0.3) is 0 Å². The van der Waals surface area contributed by atoms with Crippen LogP contribution in [0.1, 0.15) is 5.56 Å². The first-order valence-electron chi connectivity index (χ1n) is 7.39. The van der Waals surface area contributed by atoms with Crippen molar-refractivity contribution in [3.63, 3.8) is 0 Å². The molecule has 0 aliphatic carbocycles. The molecule has 0 saturated carbocycles.